The number of alkyl halides is 3. The average Bonchev–Trinajstić information content (AvgIpc) is 2.96. The Hall–Kier alpha value is -1.60. The fourth-order valence-corrected chi connectivity index (χ4v) is 2.65. The first-order valence-electron chi connectivity index (χ1n) is 7.15. The first-order chi connectivity index (χ1) is 9.97. The highest BCUT2D eigenvalue weighted by Crippen LogP contribution is 2.39. The van der Waals surface area contributed by atoms with Crippen molar-refractivity contribution in [1.82, 2.24) is 20.5 Å². The van der Waals surface area contributed by atoms with Crippen molar-refractivity contribution in [2.75, 3.05) is 6.54 Å². The molecule has 1 aliphatic rings. The minimum absolute atomic E-state index is 0.0552. The minimum atomic E-state index is -4.13. The van der Waals surface area contributed by atoms with Gasteiger partial charge in [0.15, 0.2) is 0 Å². The van der Waals surface area contributed by atoms with Gasteiger partial charge in [-0.2, -0.15) is 18.3 Å². The number of aromatic nitrogens is 3. The third-order valence-corrected chi connectivity index (χ3v) is 3.92. The van der Waals surface area contributed by atoms with Gasteiger partial charge in [-0.15, -0.1) is 0 Å². The molecule has 0 spiro atoms. The van der Waals surface area contributed by atoms with Crippen molar-refractivity contribution < 1.29 is 18.0 Å². The van der Waals surface area contributed by atoms with Gasteiger partial charge in [0.25, 0.3) is 0 Å². The van der Waals surface area contributed by atoms with Crippen molar-refractivity contribution in [2.45, 2.75) is 44.7 Å². The molecule has 0 aromatic carbocycles. The highest BCUT2D eigenvalue weighted by Gasteiger charge is 2.42. The topological polar surface area (TPSA) is 70.7 Å². The van der Waals surface area contributed by atoms with E-state index in [1.807, 2.05) is 0 Å². The first-order valence-corrected chi connectivity index (χ1v) is 7.15. The normalized spacial score (nSPS) is 23.0. The molecule has 0 aliphatic heterocycles. The quantitative estimate of drug-likeness (QED) is 0.819. The molecular formula is C13H19F3N4O. The molecule has 5 nitrogen and oxygen atoms in total. The lowest BCUT2D eigenvalue weighted by molar-refractivity contribution is -0.184. The van der Waals surface area contributed by atoms with Crippen LogP contribution >= 0.6 is 0 Å². The monoisotopic (exact) mass is 304 g/mol. The highest BCUT2D eigenvalue weighted by atomic mass is 19.4. The van der Waals surface area contributed by atoms with Gasteiger partial charge in [0.1, 0.15) is 12.2 Å². The molecule has 2 N–H and O–H groups in total. The maximum absolute atomic E-state index is 12.5. The summed E-state index contributed by atoms with van der Waals surface area (Å²) in [7, 11) is 0. The van der Waals surface area contributed by atoms with Crippen LogP contribution < -0.4 is 5.32 Å². The lowest BCUT2D eigenvalue weighted by atomic mass is 9.81. The van der Waals surface area contributed by atoms with E-state index in [2.05, 4.69) is 20.5 Å². The second kappa shape index (κ2) is 6.91. The summed E-state index contributed by atoms with van der Waals surface area (Å²) in [5.74, 6) is -0.898. The van der Waals surface area contributed by atoms with Gasteiger partial charge in [-0.3, -0.25) is 9.89 Å². The summed E-state index contributed by atoms with van der Waals surface area (Å²) in [6.07, 6.45) is -0.555. The Morgan fingerprint density at radius 2 is 2.05 bits per heavy atom. The van der Waals surface area contributed by atoms with Crippen LogP contribution in [0.5, 0.6) is 0 Å². The van der Waals surface area contributed by atoms with E-state index in [9.17, 15) is 18.0 Å². The van der Waals surface area contributed by atoms with Crippen LogP contribution in [0.3, 0.4) is 0 Å². The van der Waals surface area contributed by atoms with Crippen LogP contribution in [0.4, 0.5) is 13.2 Å². The van der Waals surface area contributed by atoms with Gasteiger partial charge in [0.2, 0.25) is 5.91 Å². The molecular weight excluding hydrogens is 285 g/mol. The summed E-state index contributed by atoms with van der Waals surface area (Å²) in [5.41, 5.74) is 0. The van der Waals surface area contributed by atoms with Crippen LogP contribution in [0.1, 0.15) is 37.9 Å². The average molecular weight is 304 g/mol. The number of nitrogens with one attached hydrogen (secondary N) is 2. The first kappa shape index (κ1) is 15.8. The molecule has 0 bridgehead atoms. The lowest BCUT2D eigenvalue weighted by Crippen LogP contribution is -2.36. The van der Waals surface area contributed by atoms with Gasteiger partial charge in [0, 0.05) is 18.9 Å². The summed E-state index contributed by atoms with van der Waals surface area (Å²) in [6.45, 7) is 0.499. The summed E-state index contributed by atoms with van der Waals surface area (Å²) in [6, 6.07) is 0. The Morgan fingerprint density at radius 3 is 2.62 bits per heavy atom. The molecule has 1 aromatic rings. The van der Waals surface area contributed by atoms with Crippen molar-refractivity contribution in [1.29, 1.82) is 0 Å². The largest absolute Gasteiger partial charge is 0.391 e. The molecule has 0 atom stereocenters. The zero-order chi connectivity index (χ0) is 15.3. The zero-order valence-corrected chi connectivity index (χ0v) is 11.6. The van der Waals surface area contributed by atoms with E-state index >= 15 is 0 Å². The Bertz CT molecular complexity index is 439. The van der Waals surface area contributed by atoms with Gasteiger partial charge in [-0.25, -0.2) is 4.98 Å². The smallest absolute Gasteiger partial charge is 0.356 e. The summed E-state index contributed by atoms with van der Waals surface area (Å²) < 4.78 is 37.6. The maximum atomic E-state index is 12.5. The summed E-state index contributed by atoms with van der Waals surface area (Å²) >= 11 is 0. The predicted molar refractivity (Wildman–Crippen MR) is 69.2 cm³/mol. The zero-order valence-electron chi connectivity index (χ0n) is 11.6. The second-order valence-electron chi connectivity index (χ2n) is 5.42. The molecule has 1 aromatic heterocycles. The Balaban J connectivity index is 1.63. The Labute approximate surface area is 120 Å². The maximum Gasteiger partial charge on any atom is 0.391 e. The van der Waals surface area contributed by atoms with Crippen molar-refractivity contribution >= 4 is 5.91 Å². The van der Waals surface area contributed by atoms with Crippen LogP contribution in [0.2, 0.25) is 0 Å². The molecule has 1 saturated carbocycles. The number of nitrogens with zero attached hydrogens (tertiary/aromatic N) is 2. The number of carbonyl (C=O) groups excluding carboxylic acids is 1. The molecule has 118 valence electrons. The fraction of sp³-hybridized carbons (Fsp3) is 0.769. The number of carbonyl (C=O) groups is 1. The van der Waals surface area contributed by atoms with Crippen molar-refractivity contribution in [3.05, 3.63) is 12.2 Å². The number of hydrogen-bond donors (Lipinski definition) is 2. The minimum Gasteiger partial charge on any atom is -0.356 e. The molecule has 2 rings (SSSR count). The highest BCUT2D eigenvalue weighted by molar-refractivity contribution is 5.78. The molecule has 21 heavy (non-hydrogen) atoms. The number of H-pyrrole nitrogens is 1. The molecule has 0 saturated heterocycles. The van der Waals surface area contributed by atoms with Crippen molar-refractivity contribution in [3.8, 4) is 0 Å². The van der Waals surface area contributed by atoms with E-state index in [1.54, 1.807) is 0 Å². The third-order valence-electron chi connectivity index (χ3n) is 3.92. The van der Waals surface area contributed by atoms with Crippen LogP contribution in [0, 0.1) is 11.8 Å². The number of aryl methyl sites for hydroxylation is 1. The molecule has 1 heterocycles. The Kier molecular flexibility index (Phi) is 5.19. The van der Waals surface area contributed by atoms with Crippen LogP contribution in [0.15, 0.2) is 6.33 Å². The molecule has 1 aliphatic carbocycles. The molecule has 1 fully saturated rings. The van der Waals surface area contributed by atoms with Crippen molar-refractivity contribution in [2.24, 2.45) is 11.8 Å². The van der Waals surface area contributed by atoms with Gasteiger partial charge < -0.3 is 5.32 Å². The van der Waals surface area contributed by atoms with E-state index in [4.69, 9.17) is 0 Å². The van der Waals surface area contributed by atoms with Crippen LogP contribution in [0.25, 0.3) is 0 Å². The van der Waals surface area contributed by atoms with E-state index in [-0.39, 0.29) is 24.7 Å². The van der Waals surface area contributed by atoms with Gasteiger partial charge in [-0.1, -0.05) is 0 Å². The summed E-state index contributed by atoms with van der Waals surface area (Å²) in [4.78, 5) is 15.9. The van der Waals surface area contributed by atoms with E-state index in [1.165, 1.54) is 6.33 Å². The number of amides is 1. The standard InChI is InChI=1S/C13H19F3N4O/c14-13(15,16)10-5-3-9(4-6-10)12(21)17-7-1-2-11-18-8-19-20-11/h8-10H,1-7H2,(H,17,21)(H,18,19,20). The van der Waals surface area contributed by atoms with Crippen molar-refractivity contribution in [3.63, 3.8) is 0 Å². The number of halogens is 3. The fourth-order valence-electron chi connectivity index (χ4n) is 2.65. The van der Waals surface area contributed by atoms with E-state index in [0.717, 1.165) is 12.2 Å². The molecule has 0 radical (unpaired) electrons. The van der Waals surface area contributed by atoms with Gasteiger partial charge in [-0.05, 0) is 32.1 Å². The predicted octanol–water partition coefficient (Wildman–Crippen LogP) is 2.22. The third kappa shape index (κ3) is 4.71. The van der Waals surface area contributed by atoms with E-state index in [0.29, 0.717) is 25.8 Å². The van der Waals surface area contributed by atoms with Crippen LogP contribution in [-0.2, 0) is 11.2 Å². The van der Waals surface area contributed by atoms with E-state index < -0.39 is 12.1 Å². The van der Waals surface area contributed by atoms with Gasteiger partial charge in [0.05, 0.1) is 5.92 Å². The Morgan fingerprint density at radius 1 is 1.33 bits per heavy atom. The lowest BCUT2D eigenvalue weighted by Gasteiger charge is -2.29. The summed E-state index contributed by atoms with van der Waals surface area (Å²) in [5, 5.41) is 9.23. The molecule has 0 unspecified atom stereocenters. The van der Waals surface area contributed by atoms with Crippen LogP contribution in [-0.4, -0.2) is 33.8 Å². The SMILES string of the molecule is O=C(NCCCc1ncn[nH]1)C1CCC(C(F)(F)F)CC1. The second-order valence-corrected chi connectivity index (χ2v) is 5.42. The molecule has 8 heteroatoms. The number of rotatable bonds is 5. The number of hydrogen-bond acceptors (Lipinski definition) is 3. The number of aromatic amines is 1. The molecule has 1 amide bonds. The van der Waals surface area contributed by atoms with Gasteiger partial charge >= 0.3 is 6.18 Å².